The van der Waals surface area contributed by atoms with Crippen molar-refractivity contribution in [2.75, 3.05) is 31.1 Å². The molecular formula is C24H23N5O5. The Hall–Kier alpha value is -4.15. The Balaban J connectivity index is 1.61. The second-order valence-electron chi connectivity index (χ2n) is 7.80. The zero-order valence-electron chi connectivity index (χ0n) is 18.2. The molecule has 3 aromatic carbocycles. The largest absolute Gasteiger partial charge is 0.351 e. The number of carbonyl (C=O) groups excluding carboxylic acids is 3. The molecule has 0 bridgehead atoms. The monoisotopic (exact) mass is 461 g/mol. The predicted octanol–water partition coefficient (Wildman–Crippen LogP) is 2.22. The summed E-state index contributed by atoms with van der Waals surface area (Å²) in [6.07, 6.45) is 0.841. The maximum absolute atomic E-state index is 13.3. The molecule has 0 fully saturated rings. The van der Waals surface area contributed by atoms with Gasteiger partial charge in [-0.15, -0.1) is 0 Å². The lowest BCUT2D eigenvalue weighted by Crippen LogP contribution is -2.40. The van der Waals surface area contributed by atoms with E-state index < -0.39 is 16.7 Å². The van der Waals surface area contributed by atoms with Gasteiger partial charge in [0.2, 0.25) is 0 Å². The van der Waals surface area contributed by atoms with Crippen LogP contribution in [-0.4, -0.2) is 48.8 Å². The summed E-state index contributed by atoms with van der Waals surface area (Å²) in [5, 5.41) is 18.1. The van der Waals surface area contributed by atoms with Crippen molar-refractivity contribution in [2.45, 2.75) is 6.42 Å². The van der Waals surface area contributed by atoms with Crippen molar-refractivity contribution in [3.63, 3.8) is 0 Å². The van der Waals surface area contributed by atoms with Gasteiger partial charge >= 0.3 is 0 Å². The molecule has 0 spiro atoms. The second kappa shape index (κ2) is 9.77. The molecule has 0 atom stereocenters. The third-order valence-electron chi connectivity index (χ3n) is 5.55. The van der Waals surface area contributed by atoms with E-state index in [2.05, 4.69) is 10.6 Å². The predicted molar refractivity (Wildman–Crippen MR) is 127 cm³/mol. The Labute approximate surface area is 194 Å². The highest BCUT2D eigenvalue weighted by atomic mass is 16.6. The minimum atomic E-state index is -0.681. The molecule has 3 aromatic rings. The van der Waals surface area contributed by atoms with Crippen molar-refractivity contribution in [1.29, 1.82) is 0 Å². The number of non-ortho nitro benzene ring substituents is 1. The number of nitrogens with zero attached hydrogens (tertiary/aromatic N) is 2. The molecule has 0 saturated carbocycles. The highest BCUT2D eigenvalue weighted by Crippen LogP contribution is 2.35. The lowest BCUT2D eigenvalue weighted by atomic mass is 9.93. The summed E-state index contributed by atoms with van der Waals surface area (Å²) in [5.74, 6) is -1.59. The summed E-state index contributed by atoms with van der Waals surface area (Å²) in [7, 11) is 0. The normalized spacial score (nSPS) is 12.8. The number of imide groups is 1. The molecule has 4 rings (SSSR count). The van der Waals surface area contributed by atoms with Crippen LogP contribution >= 0.6 is 0 Å². The van der Waals surface area contributed by atoms with E-state index in [0.29, 0.717) is 30.4 Å². The first-order valence-electron chi connectivity index (χ1n) is 10.8. The van der Waals surface area contributed by atoms with Crippen LogP contribution in [0.2, 0.25) is 0 Å². The molecule has 10 nitrogen and oxygen atoms in total. The number of amides is 3. The number of rotatable bonds is 9. The molecule has 0 aromatic heterocycles. The molecule has 0 saturated heterocycles. The van der Waals surface area contributed by atoms with E-state index in [1.54, 1.807) is 36.4 Å². The van der Waals surface area contributed by atoms with Crippen molar-refractivity contribution >= 4 is 39.9 Å². The fourth-order valence-corrected chi connectivity index (χ4v) is 3.94. The average molecular weight is 461 g/mol. The van der Waals surface area contributed by atoms with Crippen LogP contribution in [-0.2, 0) is 0 Å². The van der Waals surface area contributed by atoms with E-state index in [1.165, 1.54) is 18.2 Å². The van der Waals surface area contributed by atoms with Gasteiger partial charge in [-0.05, 0) is 49.2 Å². The van der Waals surface area contributed by atoms with Crippen LogP contribution in [0.5, 0.6) is 0 Å². The van der Waals surface area contributed by atoms with E-state index in [0.717, 1.165) is 17.9 Å². The number of hydrogen-bond donors (Lipinski definition) is 3. The molecular weight excluding hydrogens is 438 g/mol. The SMILES string of the molecule is NCCCNCCNC(=O)c1cccc(N2C(=O)c3cccc4cc([N+](=O)[O-])cc(c34)C2=O)c1. The number of nitrogens with one attached hydrogen (secondary N) is 2. The number of anilines is 1. The van der Waals surface area contributed by atoms with Gasteiger partial charge in [-0.3, -0.25) is 24.5 Å². The van der Waals surface area contributed by atoms with Gasteiger partial charge in [0, 0.05) is 41.7 Å². The van der Waals surface area contributed by atoms with Crippen LogP contribution in [0.3, 0.4) is 0 Å². The van der Waals surface area contributed by atoms with E-state index in [-0.39, 0.29) is 34.0 Å². The van der Waals surface area contributed by atoms with E-state index in [9.17, 15) is 24.5 Å². The molecule has 3 amide bonds. The van der Waals surface area contributed by atoms with Gasteiger partial charge in [0.05, 0.1) is 16.2 Å². The standard InChI is InChI=1S/C24H23N5O5/c25-8-3-9-26-10-11-27-22(30)16-5-1-6-17(13-16)28-23(31)19-7-2-4-15-12-18(29(33)34)14-20(21(15)19)24(28)32/h1-2,4-7,12-14,26H,3,8-11,25H2,(H,27,30). The quantitative estimate of drug-likeness (QED) is 0.191. The van der Waals surface area contributed by atoms with Gasteiger partial charge in [-0.25, -0.2) is 4.90 Å². The molecule has 1 heterocycles. The Kier molecular flexibility index (Phi) is 6.62. The Morgan fingerprint density at radius 3 is 2.50 bits per heavy atom. The van der Waals surface area contributed by atoms with E-state index >= 15 is 0 Å². The maximum Gasteiger partial charge on any atom is 0.270 e. The third-order valence-corrected chi connectivity index (χ3v) is 5.55. The molecule has 0 radical (unpaired) electrons. The van der Waals surface area contributed by atoms with Crippen molar-refractivity contribution in [3.05, 3.63) is 81.4 Å². The first kappa shape index (κ1) is 23.0. The van der Waals surface area contributed by atoms with Crippen molar-refractivity contribution < 1.29 is 19.3 Å². The first-order valence-corrected chi connectivity index (χ1v) is 10.8. The van der Waals surface area contributed by atoms with Gasteiger partial charge in [-0.2, -0.15) is 0 Å². The van der Waals surface area contributed by atoms with Crippen LogP contribution in [0.25, 0.3) is 10.8 Å². The van der Waals surface area contributed by atoms with Gasteiger partial charge < -0.3 is 16.4 Å². The summed E-state index contributed by atoms with van der Waals surface area (Å²) in [5.41, 5.74) is 6.02. The maximum atomic E-state index is 13.3. The number of nitro groups is 1. The number of nitrogens with two attached hydrogens (primary N) is 1. The molecule has 10 heteroatoms. The smallest absolute Gasteiger partial charge is 0.270 e. The fourth-order valence-electron chi connectivity index (χ4n) is 3.94. The molecule has 0 unspecified atom stereocenters. The lowest BCUT2D eigenvalue weighted by Gasteiger charge is -2.27. The molecule has 4 N–H and O–H groups in total. The van der Waals surface area contributed by atoms with Crippen LogP contribution in [0.1, 0.15) is 37.5 Å². The van der Waals surface area contributed by atoms with Crippen LogP contribution in [0, 0.1) is 10.1 Å². The average Bonchev–Trinajstić information content (AvgIpc) is 2.84. The van der Waals surface area contributed by atoms with Gasteiger partial charge in [0.25, 0.3) is 23.4 Å². The van der Waals surface area contributed by atoms with E-state index in [4.69, 9.17) is 5.73 Å². The summed E-state index contributed by atoms with van der Waals surface area (Å²) in [4.78, 5) is 50.9. The van der Waals surface area contributed by atoms with Crippen molar-refractivity contribution in [3.8, 4) is 0 Å². The van der Waals surface area contributed by atoms with Crippen molar-refractivity contribution in [1.82, 2.24) is 10.6 Å². The number of nitro benzene ring substituents is 1. The lowest BCUT2D eigenvalue weighted by molar-refractivity contribution is -0.384. The summed E-state index contributed by atoms with van der Waals surface area (Å²) >= 11 is 0. The molecule has 1 aliphatic rings. The number of carbonyl (C=O) groups is 3. The highest BCUT2D eigenvalue weighted by molar-refractivity contribution is 6.36. The van der Waals surface area contributed by atoms with Gasteiger partial charge in [-0.1, -0.05) is 18.2 Å². The first-order chi connectivity index (χ1) is 16.4. The summed E-state index contributed by atoms with van der Waals surface area (Å²) in [6, 6.07) is 13.5. The van der Waals surface area contributed by atoms with Crippen molar-refractivity contribution in [2.24, 2.45) is 5.73 Å². The second-order valence-corrected chi connectivity index (χ2v) is 7.80. The minimum absolute atomic E-state index is 0.0674. The molecule has 1 aliphatic heterocycles. The Morgan fingerprint density at radius 2 is 1.74 bits per heavy atom. The van der Waals surface area contributed by atoms with Gasteiger partial charge in [0.1, 0.15) is 0 Å². The van der Waals surface area contributed by atoms with Crippen LogP contribution < -0.4 is 21.3 Å². The fraction of sp³-hybridized carbons (Fsp3) is 0.208. The Morgan fingerprint density at radius 1 is 0.971 bits per heavy atom. The highest BCUT2D eigenvalue weighted by Gasteiger charge is 2.35. The number of hydrogen-bond acceptors (Lipinski definition) is 7. The summed E-state index contributed by atoms with van der Waals surface area (Å²) in [6.45, 7) is 2.32. The molecule has 34 heavy (non-hydrogen) atoms. The topological polar surface area (TPSA) is 148 Å². The van der Waals surface area contributed by atoms with Crippen LogP contribution in [0.15, 0.2) is 54.6 Å². The molecule has 174 valence electrons. The van der Waals surface area contributed by atoms with E-state index in [1.807, 2.05) is 0 Å². The minimum Gasteiger partial charge on any atom is -0.351 e. The summed E-state index contributed by atoms with van der Waals surface area (Å²) < 4.78 is 0. The van der Waals surface area contributed by atoms with Gasteiger partial charge in [0.15, 0.2) is 0 Å². The zero-order valence-corrected chi connectivity index (χ0v) is 18.2. The molecule has 0 aliphatic carbocycles. The van der Waals surface area contributed by atoms with Crippen LogP contribution in [0.4, 0.5) is 11.4 Å². The third kappa shape index (κ3) is 4.36. The number of benzene rings is 3. The zero-order chi connectivity index (χ0) is 24.2. The Bertz CT molecular complexity index is 1310.